The van der Waals surface area contributed by atoms with Crippen LogP contribution in [0.5, 0.6) is 0 Å². The van der Waals surface area contributed by atoms with Crippen molar-refractivity contribution in [3.8, 4) is 0 Å². The largest absolute Gasteiger partial charge is 0.392 e. The first-order chi connectivity index (χ1) is 7.41. The number of aliphatic hydroxyl groups excluding tert-OH is 1. The summed E-state index contributed by atoms with van der Waals surface area (Å²) in [5, 5.41) is 9.52. The number of ketones is 1. The molecule has 2 atom stereocenters. The zero-order valence-corrected chi connectivity index (χ0v) is 11.9. The van der Waals surface area contributed by atoms with Gasteiger partial charge in [0.15, 0.2) is 5.78 Å². The fraction of sp³-hybridized carbons (Fsp3) is 0.417. The van der Waals surface area contributed by atoms with Crippen LogP contribution in [-0.4, -0.2) is 22.2 Å². The summed E-state index contributed by atoms with van der Waals surface area (Å²) in [5.74, 6) is 0.0431. The lowest BCUT2D eigenvalue weighted by molar-refractivity contribution is 0.101. The number of carbonyl (C=O) groups excluding carboxylic acids is 1. The molecule has 0 saturated heterocycles. The predicted molar refractivity (Wildman–Crippen MR) is 71.1 cm³/mol. The van der Waals surface area contributed by atoms with Crippen molar-refractivity contribution in [1.82, 2.24) is 0 Å². The van der Waals surface area contributed by atoms with Gasteiger partial charge < -0.3 is 5.11 Å². The van der Waals surface area contributed by atoms with E-state index in [1.54, 1.807) is 13.8 Å². The molecule has 0 aliphatic carbocycles. The lowest BCUT2D eigenvalue weighted by atomic mass is 10.1. The molecule has 4 heteroatoms. The number of hydrogen-bond acceptors (Lipinski definition) is 3. The molecule has 2 nitrogen and oxygen atoms in total. The molecule has 88 valence electrons. The summed E-state index contributed by atoms with van der Waals surface area (Å²) in [6.45, 7) is 5.25. The van der Waals surface area contributed by atoms with Gasteiger partial charge in [0.25, 0.3) is 0 Å². The molecule has 0 radical (unpaired) electrons. The van der Waals surface area contributed by atoms with Crippen molar-refractivity contribution in [2.24, 2.45) is 0 Å². The van der Waals surface area contributed by atoms with Gasteiger partial charge in [-0.3, -0.25) is 4.79 Å². The first-order valence-electron chi connectivity index (χ1n) is 5.07. The second kappa shape index (κ2) is 5.84. The summed E-state index contributed by atoms with van der Waals surface area (Å²) in [7, 11) is 0. The van der Waals surface area contributed by atoms with Crippen LogP contribution in [0.1, 0.15) is 31.1 Å². The third kappa shape index (κ3) is 3.61. The summed E-state index contributed by atoms with van der Waals surface area (Å²) in [6, 6.07) is 5.63. The van der Waals surface area contributed by atoms with Crippen LogP contribution in [0.15, 0.2) is 27.6 Å². The summed E-state index contributed by atoms with van der Waals surface area (Å²) >= 11 is 4.87. The molecule has 2 unspecified atom stereocenters. The summed E-state index contributed by atoms with van der Waals surface area (Å²) in [5.41, 5.74) is 0.701. The molecule has 1 rings (SSSR count). The number of hydrogen-bond donors (Lipinski definition) is 1. The Hall–Kier alpha value is -0.320. The molecule has 0 spiro atoms. The van der Waals surface area contributed by atoms with Gasteiger partial charge in [-0.2, -0.15) is 0 Å². The molecule has 16 heavy (non-hydrogen) atoms. The van der Waals surface area contributed by atoms with E-state index in [0.717, 1.165) is 9.37 Å². The Morgan fingerprint density at radius 2 is 2.06 bits per heavy atom. The van der Waals surface area contributed by atoms with E-state index < -0.39 is 6.10 Å². The van der Waals surface area contributed by atoms with Crippen LogP contribution in [0, 0.1) is 0 Å². The molecule has 1 aromatic rings. The maximum absolute atomic E-state index is 11.5. The van der Waals surface area contributed by atoms with E-state index in [9.17, 15) is 9.90 Å². The summed E-state index contributed by atoms with van der Waals surface area (Å²) < 4.78 is 0.895. The zero-order valence-electron chi connectivity index (χ0n) is 9.53. The third-order valence-electron chi connectivity index (χ3n) is 2.31. The van der Waals surface area contributed by atoms with E-state index in [4.69, 9.17) is 0 Å². The third-order valence-corrected chi connectivity index (χ3v) is 4.18. The van der Waals surface area contributed by atoms with Crippen LogP contribution < -0.4 is 0 Å². The van der Waals surface area contributed by atoms with Gasteiger partial charge in [0, 0.05) is 20.2 Å². The number of benzene rings is 1. The molecule has 1 N–H and O–H groups in total. The SMILES string of the molecule is CC(=O)c1cc(Br)ccc1SC(C)C(C)O. The molecule has 0 bridgehead atoms. The van der Waals surface area contributed by atoms with Gasteiger partial charge in [-0.25, -0.2) is 0 Å². The number of aliphatic hydroxyl groups is 1. The molecule has 0 aromatic heterocycles. The van der Waals surface area contributed by atoms with Crippen LogP contribution in [0.3, 0.4) is 0 Å². The molecule has 0 heterocycles. The monoisotopic (exact) mass is 302 g/mol. The van der Waals surface area contributed by atoms with Gasteiger partial charge in [-0.05, 0) is 32.0 Å². The fourth-order valence-corrected chi connectivity index (χ4v) is 2.61. The maximum Gasteiger partial charge on any atom is 0.160 e. The average molecular weight is 303 g/mol. The van der Waals surface area contributed by atoms with Crippen molar-refractivity contribution >= 4 is 33.5 Å². The summed E-state index contributed by atoms with van der Waals surface area (Å²) in [6.07, 6.45) is -0.395. The average Bonchev–Trinajstić information content (AvgIpc) is 2.20. The van der Waals surface area contributed by atoms with Crippen LogP contribution in [-0.2, 0) is 0 Å². The molecule has 0 fully saturated rings. The molecule has 1 aromatic carbocycles. The Bertz CT molecular complexity index is 391. The van der Waals surface area contributed by atoms with Crippen LogP contribution >= 0.6 is 27.7 Å². The Morgan fingerprint density at radius 3 is 2.56 bits per heavy atom. The van der Waals surface area contributed by atoms with E-state index in [1.165, 1.54) is 11.8 Å². The van der Waals surface area contributed by atoms with Crippen molar-refractivity contribution < 1.29 is 9.90 Å². The highest BCUT2D eigenvalue weighted by molar-refractivity contribution is 9.10. The Balaban J connectivity index is 2.99. The lowest BCUT2D eigenvalue weighted by Crippen LogP contribution is -2.15. The normalized spacial score (nSPS) is 14.6. The predicted octanol–water partition coefficient (Wildman–Crippen LogP) is 3.51. The molecule has 0 aliphatic rings. The minimum atomic E-state index is -0.395. The molecule has 0 amide bonds. The van der Waals surface area contributed by atoms with Crippen molar-refractivity contribution in [2.75, 3.05) is 0 Å². The van der Waals surface area contributed by atoms with Crippen molar-refractivity contribution in [3.63, 3.8) is 0 Å². The second-order valence-electron chi connectivity index (χ2n) is 3.76. The smallest absolute Gasteiger partial charge is 0.160 e. The van der Waals surface area contributed by atoms with Gasteiger partial charge in [0.1, 0.15) is 0 Å². The number of halogens is 1. The van der Waals surface area contributed by atoms with Gasteiger partial charge in [-0.15, -0.1) is 11.8 Å². The standard InChI is InChI=1S/C12H15BrO2S/c1-7(14)9(3)16-12-5-4-10(13)6-11(12)8(2)15/h4-7,9,14H,1-3H3. The van der Waals surface area contributed by atoms with Gasteiger partial charge in [-0.1, -0.05) is 22.9 Å². The number of thioether (sulfide) groups is 1. The molecule has 0 aliphatic heterocycles. The highest BCUT2D eigenvalue weighted by Gasteiger charge is 2.15. The molecule has 0 saturated carbocycles. The van der Waals surface area contributed by atoms with Gasteiger partial charge in [0.2, 0.25) is 0 Å². The number of rotatable bonds is 4. The van der Waals surface area contributed by atoms with E-state index in [-0.39, 0.29) is 11.0 Å². The van der Waals surface area contributed by atoms with Crippen LogP contribution in [0.25, 0.3) is 0 Å². The molecular formula is C12H15BrO2S. The first-order valence-corrected chi connectivity index (χ1v) is 6.74. The highest BCUT2D eigenvalue weighted by Crippen LogP contribution is 2.30. The number of Topliss-reactive ketones (excluding diaryl/α,β-unsaturated/α-hetero) is 1. The maximum atomic E-state index is 11.5. The van der Waals surface area contributed by atoms with E-state index >= 15 is 0 Å². The zero-order chi connectivity index (χ0) is 12.3. The van der Waals surface area contributed by atoms with Crippen LogP contribution in [0.4, 0.5) is 0 Å². The van der Waals surface area contributed by atoms with Crippen molar-refractivity contribution in [3.05, 3.63) is 28.2 Å². The quantitative estimate of drug-likeness (QED) is 0.683. The first kappa shape index (κ1) is 13.7. The summed E-state index contributed by atoms with van der Waals surface area (Å²) in [4.78, 5) is 12.4. The topological polar surface area (TPSA) is 37.3 Å². The highest BCUT2D eigenvalue weighted by atomic mass is 79.9. The lowest BCUT2D eigenvalue weighted by Gasteiger charge is -2.15. The fourth-order valence-electron chi connectivity index (χ4n) is 1.18. The number of carbonyl (C=O) groups is 1. The van der Waals surface area contributed by atoms with Gasteiger partial charge >= 0.3 is 0 Å². The van der Waals surface area contributed by atoms with Crippen molar-refractivity contribution in [2.45, 2.75) is 37.0 Å². The van der Waals surface area contributed by atoms with Gasteiger partial charge in [0.05, 0.1) is 6.10 Å². The van der Waals surface area contributed by atoms with Crippen LogP contribution in [0.2, 0.25) is 0 Å². The molecular weight excluding hydrogens is 288 g/mol. The minimum Gasteiger partial charge on any atom is -0.392 e. The second-order valence-corrected chi connectivity index (χ2v) is 6.10. The Kier molecular flexibility index (Phi) is 5.02. The van der Waals surface area contributed by atoms with E-state index in [1.807, 2.05) is 25.1 Å². The minimum absolute atomic E-state index is 0.0431. The van der Waals surface area contributed by atoms with E-state index in [2.05, 4.69) is 15.9 Å². The Morgan fingerprint density at radius 1 is 1.44 bits per heavy atom. The Labute approximate surface area is 109 Å². The van der Waals surface area contributed by atoms with E-state index in [0.29, 0.717) is 5.56 Å². The van der Waals surface area contributed by atoms with Crippen molar-refractivity contribution in [1.29, 1.82) is 0 Å².